The Labute approximate surface area is 211 Å². The molecule has 3 aliphatic carbocycles. The van der Waals surface area contributed by atoms with Gasteiger partial charge < -0.3 is 24.1 Å². The van der Waals surface area contributed by atoms with E-state index in [1.807, 2.05) is 0 Å². The molecule has 0 amide bonds. The first-order valence-corrected chi connectivity index (χ1v) is 13.5. The predicted molar refractivity (Wildman–Crippen MR) is 137 cm³/mol. The molecular weight excluding hydrogens is 442 g/mol. The summed E-state index contributed by atoms with van der Waals surface area (Å²) >= 11 is 0. The number of aliphatic hydroxyl groups excluding tert-OH is 1. The number of hydrogen-bond acceptors (Lipinski definition) is 5. The van der Waals surface area contributed by atoms with Crippen molar-refractivity contribution in [2.75, 3.05) is 46.2 Å². The lowest BCUT2D eigenvalue weighted by Gasteiger charge is -2.55. The van der Waals surface area contributed by atoms with Crippen LogP contribution in [-0.4, -0.2) is 63.0 Å². The monoisotopic (exact) mass is 486 g/mol. The molecule has 1 aromatic rings. The van der Waals surface area contributed by atoms with E-state index in [-0.39, 0.29) is 22.5 Å². The van der Waals surface area contributed by atoms with Crippen molar-refractivity contribution in [1.29, 1.82) is 0 Å². The molecule has 0 radical (unpaired) electrons. The van der Waals surface area contributed by atoms with Crippen molar-refractivity contribution in [2.24, 2.45) is 10.8 Å². The second kappa shape index (κ2) is 11.2. The molecule has 0 aliphatic heterocycles. The van der Waals surface area contributed by atoms with E-state index in [9.17, 15) is 5.11 Å². The molecule has 0 aromatic heterocycles. The minimum absolute atomic E-state index is 0.0420. The predicted octanol–water partition coefficient (Wildman–Crippen LogP) is 5.22. The van der Waals surface area contributed by atoms with E-state index in [1.54, 1.807) is 0 Å². The Bertz CT molecular complexity index is 900. The quantitative estimate of drug-likeness (QED) is 0.411. The molecule has 5 atom stereocenters. The first-order valence-electron chi connectivity index (χ1n) is 13.5. The van der Waals surface area contributed by atoms with Gasteiger partial charge in [0.2, 0.25) is 0 Å². The third kappa shape index (κ3) is 4.73. The van der Waals surface area contributed by atoms with E-state index in [0.29, 0.717) is 45.6 Å². The second-order valence-electron chi connectivity index (χ2n) is 11.0. The smallest absolute Gasteiger partial charge is 0.294 e. The van der Waals surface area contributed by atoms with E-state index < -0.39 is 0 Å². The lowest BCUT2D eigenvalue weighted by molar-refractivity contribution is -0.0667. The van der Waals surface area contributed by atoms with Gasteiger partial charge in [-0.3, -0.25) is 0 Å². The van der Waals surface area contributed by atoms with Crippen LogP contribution in [0.5, 0.6) is 5.75 Å². The Morgan fingerprint density at radius 2 is 1.60 bits per heavy atom. The summed E-state index contributed by atoms with van der Waals surface area (Å²) in [5.74, 6) is 1.30. The minimum atomic E-state index is -0.362. The highest BCUT2D eigenvalue weighted by molar-refractivity contribution is 5.44. The van der Waals surface area contributed by atoms with Crippen LogP contribution in [0.3, 0.4) is 0 Å². The maximum absolute atomic E-state index is 10.9. The highest BCUT2D eigenvalue weighted by Gasteiger charge is 2.77. The zero-order valence-electron chi connectivity index (χ0n) is 21.9. The van der Waals surface area contributed by atoms with E-state index >= 15 is 0 Å². The lowest BCUT2D eigenvalue weighted by atomic mass is 9.44. The van der Waals surface area contributed by atoms with Crippen LogP contribution in [0.2, 0.25) is 0 Å². The fourth-order valence-corrected chi connectivity index (χ4v) is 7.35. The van der Waals surface area contributed by atoms with Crippen LogP contribution >= 0.6 is 0 Å². The van der Waals surface area contributed by atoms with Crippen LogP contribution in [0.15, 0.2) is 18.2 Å². The van der Waals surface area contributed by atoms with Crippen molar-refractivity contribution in [3.8, 4) is 12.3 Å². The van der Waals surface area contributed by atoms with Gasteiger partial charge in [0.15, 0.2) is 0 Å². The van der Waals surface area contributed by atoms with Gasteiger partial charge in [0.25, 0.3) is 12.1 Å². The number of ether oxygens (including phenoxy) is 4. The summed E-state index contributed by atoms with van der Waals surface area (Å²) in [7, 11) is 0. The van der Waals surface area contributed by atoms with Crippen molar-refractivity contribution in [3.63, 3.8) is 0 Å². The molecule has 4 rings (SSSR count). The van der Waals surface area contributed by atoms with Gasteiger partial charge in [0, 0.05) is 13.0 Å². The van der Waals surface area contributed by atoms with Gasteiger partial charge in [-0.2, -0.15) is 0 Å². The summed E-state index contributed by atoms with van der Waals surface area (Å²) in [6, 6.07) is 6.55. The van der Waals surface area contributed by atoms with Gasteiger partial charge >= 0.3 is 0 Å². The standard InChI is InChI=1S/C29H44NO5/c1-5-14-32-15-16-33-17-18-34-19-20-35-23-6-7-24-22(21-23)8-11-27(2)25(24)9-12-28(3)26(31)10-13-29(27,28)30-4/h4,6-7,21,25-26,31H,5,8-20H2,1-3H3/q+1/t25-,26?,27-,28-,29-/m1/s1. The molecule has 2 fully saturated rings. The number of hydrogen-bond donors (Lipinski definition) is 1. The molecule has 194 valence electrons. The maximum Gasteiger partial charge on any atom is 0.294 e. The number of nitrogens with zero attached hydrogens (tertiary/aromatic N) is 1. The zero-order valence-corrected chi connectivity index (χ0v) is 21.9. The Balaban J connectivity index is 1.29. The van der Waals surface area contributed by atoms with E-state index in [1.165, 1.54) is 11.1 Å². The van der Waals surface area contributed by atoms with Gasteiger partial charge in [0.1, 0.15) is 12.4 Å². The third-order valence-corrected chi connectivity index (χ3v) is 9.34. The highest BCUT2D eigenvalue weighted by Crippen LogP contribution is 2.70. The molecule has 6 heteroatoms. The van der Waals surface area contributed by atoms with Gasteiger partial charge in [-0.05, 0) is 74.6 Å². The van der Waals surface area contributed by atoms with E-state index in [0.717, 1.165) is 57.3 Å². The van der Waals surface area contributed by atoms with Crippen molar-refractivity contribution in [2.45, 2.75) is 83.3 Å². The molecule has 35 heavy (non-hydrogen) atoms. The first-order chi connectivity index (χ1) is 16.9. The summed E-state index contributed by atoms with van der Waals surface area (Å²) in [6.45, 7) is 17.1. The topological polar surface area (TPSA) is 61.5 Å². The number of aliphatic hydroxyl groups is 1. The Morgan fingerprint density at radius 1 is 0.914 bits per heavy atom. The number of fused-ring (bicyclic) bond motifs is 5. The van der Waals surface area contributed by atoms with Crippen LogP contribution in [0.4, 0.5) is 0 Å². The van der Waals surface area contributed by atoms with Crippen LogP contribution in [0.25, 0.3) is 4.85 Å². The van der Waals surface area contributed by atoms with E-state index in [4.69, 9.17) is 25.5 Å². The Hall–Kier alpha value is -1.65. The Morgan fingerprint density at radius 3 is 2.29 bits per heavy atom. The summed E-state index contributed by atoms with van der Waals surface area (Å²) in [6.07, 6.45) is 6.42. The average Bonchev–Trinajstić information content (AvgIpc) is 3.14. The lowest BCUT2D eigenvalue weighted by Crippen LogP contribution is -2.61. The Kier molecular flexibility index (Phi) is 8.43. The largest absolute Gasteiger partial charge is 0.491 e. The van der Waals surface area contributed by atoms with Crippen LogP contribution in [0.1, 0.15) is 76.3 Å². The fourth-order valence-electron chi connectivity index (χ4n) is 7.35. The van der Waals surface area contributed by atoms with Crippen molar-refractivity contribution < 1.29 is 24.1 Å². The molecule has 3 aliphatic rings. The molecule has 1 N–H and O–H groups in total. The molecule has 2 saturated carbocycles. The third-order valence-electron chi connectivity index (χ3n) is 9.34. The van der Waals surface area contributed by atoms with Gasteiger partial charge in [0.05, 0.1) is 50.0 Å². The molecule has 1 unspecified atom stereocenters. The highest BCUT2D eigenvalue weighted by atomic mass is 16.6. The molecule has 0 saturated heterocycles. The summed E-state index contributed by atoms with van der Waals surface area (Å²) in [5.41, 5.74) is 2.15. The normalized spacial score (nSPS) is 33.5. The first kappa shape index (κ1) is 26.4. The average molecular weight is 487 g/mol. The molecule has 0 spiro atoms. The van der Waals surface area contributed by atoms with Gasteiger partial charge in [-0.1, -0.05) is 24.8 Å². The molecule has 0 heterocycles. The summed E-state index contributed by atoms with van der Waals surface area (Å²) in [5, 5.41) is 10.9. The number of benzene rings is 1. The number of aryl methyl sites for hydroxylation is 1. The molecule has 6 nitrogen and oxygen atoms in total. The van der Waals surface area contributed by atoms with Crippen molar-refractivity contribution >= 4 is 0 Å². The van der Waals surface area contributed by atoms with E-state index in [2.05, 4.69) is 43.8 Å². The summed E-state index contributed by atoms with van der Waals surface area (Å²) < 4.78 is 22.5. The summed E-state index contributed by atoms with van der Waals surface area (Å²) in [4.78, 5) is 4.59. The van der Waals surface area contributed by atoms with Crippen molar-refractivity contribution in [1.82, 2.24) is 0 Å². The van der Waals surface area contributed by atoms with Gasteiger partial charge in [-0.15, -0.1) is 0 Å². The van der Waals surface area contributed by atoms with Crippen molar-refractivity contribution in [3.05, 3.63) is 34.2 Å². The minimum Gasteiger partial charge on any atom is -0.491 e. The zero-order chi connectivity index (χ0) is 24.9. The number of rotatable bonds is 12. The maximum atomic E-state index is 10.9. The molecule has 0 bridgehead atoms. The fraction of sp³-hybridized carbons (Fsp3) is 0.759. The molecular formula is C29H44NO5+. The van der Waals surface area contributed by atoms with Crippen LogP contribution in [0, 0.1) is 17.4 Å². The molecule has 1 aromatic carbocycles. The second-order valence-corrected chi connectivity index (χ2v) is 11.0. The van der Waals surface area contributed by atoms with Gasteiger partial charge in [-0.25, -0.2) is 0 Å². The SMILES string of the molecule is C#[N+][C@@]12CCC(O)[C@@]1(C)CC[C@@H]1c3ccc(OCCOCCOCCOCCC)cc3CC[C@]12C. The van der Waals surface area contributed by atoms with Crippen LogP contribution < -0.4 is 4.74 Å². The van der Waals surface area contributed by atoms with Crippen LogP contribution in [-0.2, 0) is 20.6 Å².